The molecule has 0 aromatic rings. The van der Waals surface area contributed by atoms with Crippen LogP contribution in [0, 0.1) is 5.92 Å². The van der Waals surface area contributed by atoms with Crippen LogP contribution in [0.15, 0.2) is 4.99 Å². The highest BCUT2D eigenvalue weighted by Gasteiger charge is 2.18. The number of hydrogen-bond donors (Lipinski definition) is 2. The number of guanidine groups is 1. The number of piperidine rings is 1. The third kappa shape index (κ3) is 6.78. The Kier molecular flexibility index (Phi) is 7.82. The van der Waals surface area contributed by atoms with E-state index >= 15 is 0 Å². The van der Waals surface area contributed by atoms with Gasteiger partial charge in [0.05, 0.1) is 6.61 Å². The van der Waals surface area contributed by atoms with E-state index in [-0.39, 0.29) is 0 Å². The van der Waals surface area contributed by atoms with Crippen LogP contribution in [0.2, 0.25) is 0 Å². The van der Waals surface area contributed by atoms with Crippen molar-refractivity contribution in [2.45, 2.75) is 39.2 Å². The van der Waals surface area contributed by atoms with Gasteiger partial charge in [-0.3, -0.25) is 4.99 Å². The van der Waals surface area contributed by atoms with Gasteiger partial charge >= 0.3 is 0 Å². The first-order valence-electron chi connectivity index (χ1n) is 7.43. The van der Waals surface area contributed by atoms with Crippen LogP contribution in [0.5, 0.6) is 0 Å². The molecule has 1 fully saturated rings. The molecule has 0 aromatic carbocycles. The lowest BCUT2D eigenvalue weighted by Crippen LogP contribution is -2.39. The Morgan fingerprint density at radius 2 is 2.16 bits per heavy atom. The Labute approximate surface area is 117 Å². The molecule has 5 nitrogen and oxygen atoms in total. The summed E-state index contributed by atoms with van der Waals surface area (Å²) in [6.45, 7) is 9.30. The fraction of sp³-hybridized carbons (Fsp3) is 0.929. The minimum absolute atomic E-state index is 0.402. The van der Waals surface area contributed by atoms with Gasteiger partial charge in [-0.15, -0.1) is 0 Å². The highest BCUT2D eigenvalue weighted by atomic mass is 16.5. The molecule has 1 rings (SSSR count). The van der Waals surface area contributed by atoms with E-state index in [1.807, 2.05) is 0 Å². The largest absolute Gasteiger partial charge is 0.383 e. The molecule has 1 aliphatic rings. The zero-order valence-corrected chi connectivity index (χ0v) is 12.7. The third-order valence-electron chi connectivity index (χ3n) is 3.85. The normalized spacial score (nSPS) is 20.5. The summed E-state index contributed by atoms with van der Waals surface area (Å²) in [5, 5.41) is 3.21. The third-order valence-corrected chi connectivity index (χ3v) is 3.85. The smallest absolute Gasteiger partial charge is 0.188 e. The van der Waals surface area contributed by atoms with E-state index in [4.69, 9.17) is 10.5 Å². The van der Waals surface area contributed by atoms with E-state index in [9.17, 15) is 0 Å². The summed E-state index contributed by atoms with van der Waals surface area (Å²) in [6, 6.07) is 0.402. The number of rotatable bonds is 7. The summed E-state index contributed by atoms with van der Waals surface area (Å²) in [6.07, 6.45) is 3.49. The number of methoxy groups -OCH3 is 1. The van der Waals surface area contributed by atoms with Gasteiger partial charge in [0.25, 0.3) is 0 Å². The monoisotopic (exact) mass is 270 g/mol. The lowest BCUT2D eigenvalue weighted by atomic mass is 9.97. The first kappa shape index (κ1) is 16.2. The van der Waals surface area contributed by atoms with Crippen molar-refractivity contribution in [2.75, 3.05) is 39.9 Å². The van der Waals surface area contributed by atoms with Crippen molar-refractivity contribution in [3.8, 4) is 0 Å². The molecular formula is C14H30N4O. The van der Waals surface area contributed by atoms with Gasteiger partial charge in [0.1, 0.15) is 0 Å². The Morgan fingerprint density at radius 3 is 2.74 bits per heavy atom. The summed E-state index contributed by atoms with van der Waals surface area (Å²) in [5.41, 5.74) is 5.87. The molecule has 5 heteroatoms. The Balaban J connectivity index is 2.20. The van der Waals surface area contributed by atoms with Crippen LogP contribution in [0.1, 0.15) is 33.1 Å². The van der Waals surface area contributed by atoms with Crippen LogP contribution in [0.3, 0.4) is 0 Å². The highest BCUT2D eigenvalue weighted by molar-refractivity contribution is 5.78. The van der Waals surface area contributed by atoms with Gasteiger partial charge in [-0.1, -0.05) is 6.92 Å². The molecule has 0 aromatic heterocycles. The van der Waals surface area contributed by atoms with E-state index in [0.29, 0.717) is 17.9 Å². The van der Waals surface area contributed by atoms with Gasteiger partial charge in [-0.05, 0) is 45.2 Å². The summed E-state index contributed by atoms with van der Waals surface area (Å²) < 4.78 is 5.11. The average molecular weight is 270 g/mol. The first-order chi connectivity index (χ1) is 9.15. The molecule has 0 radical (unpaired) electrons. The SMILES string of the molecule is CCC(C)NC(N)=NCC1CCN(CCOC)CC1. The molecule has 3 N–H and O–H groups in total. The van der Waals surface area contributed by atoms with Crippen molar-refractivity contribution in [3.63, 3.8) is 0 Å². The molecule has 1 atom stereocenters. The molecule has 0 amide bonds. The van der Waals surface area contributed by atoms with Crippen LogP contribution < -0.4 is 11.1 Å². The van der Waals surface area contributed by atoms with E-state index in [2.05, 4.69) is 29.1 Å². The van der Waals surface area contributed by atoms with Crippen LogP contribution in [0.25, 0.3) is 0 Å². The quantitative estimate of drug-likeness (QED) is 0.536. The van der Waals surface area contributed by atoms with Gasteiger partial charge in [0, 0.05) is 26.2 Å². The molecule has 19 heavy (non-hydrogen) atoms. The maximum atomic E-state index is 5.87. The molecule has 1 saturated heterocycles. The second-order valence-electron chi connectivity index (χ2n) is 5.46. The Hall–Kier alpha value is -0.810. The fourth-order valence-corrected chi connectivity index (χ4v) is 2.24. The molecular weight excluding hydrogens is 240 g/mol. The number of nitrogens with two attached hydrogens (primary N) is 1. The number of likely N-dealkylation sites (tertiary alicyclic amines) is 1. The topological polar surface area (TPSA) is 62.9 Å². The van der Waals surface area contributed by atoms with Crippen molar-refractivity contribution in [1.29, 1.82) is 0 Å². The van der Waals surface area contributed by atoms with Gasteiger partial charge in [-0.25, -0.2) is 0 Å². The molecule has 0 spiro atoms. The predicted molar refractivity (Wildman–Crippen MR) is 80.4 cm³/mol. The van der Waals surface area contributed by atoms with Gasteiger partial charge < -0.3 is 20.7 Å². The van der Waals surface area contributed by atoms with E-state index < -0.39 is 0 Å². The van der Waals surface area contributed by atoms with E-state index in [1.54, 1.807) is 7.11 Å². The molecule has 0 saturated carbocycles. The van der Waals surface area contributed by atoms with E-state index in [1.165, 1.54) is 12.8 Å². The van der Waals surface area contributed by atoms with Crippen molar-refractivity contribution in [1.82, 2.24) is 10.2 Å². The molecule has 1 unspecified atom stereocenters. The van der Waals surface area contributed by atoms with Gasteiger partial charge in [0.2, 0.25) is 0 Å². The maximum Gasteiger partial charge on any atom is 0.188 e. The minimum Gasteiger partial charge on any atom is -0.383 e. The van der Waals surface area contributed by atoms with Gasteiger partial charge in [0.15, 0.2) is 5.96 Å². The number of nitrogens with zero attached hydrogens (tertiary/aromatic N) is 2. The predicted octanol–water partition coefficient (Wildman–Crippen LogP) is 1.05. The number of hydrogen-bond acceptors (Lipinski definition) is 3. The van der Waals surface area contributed by atoms with Crippen molar-refractivity contribution >= 4 is 5.96 Å². The van der Waals surface area contributed by atoms with Crippen LogP contribution in [-0.2, 0) is 4.74 Å². The number of nitrogens with one attached hydrogen (secondary N) is 1. The minimum atomic E-state index is 0.402. The van der Waals surface area contributed by atoms with Crippen molar-refractivity contribution < 1.29 is 4.74 Å². The second-order valence-corrected chi connectivity index (χ2v) is 5.46. The fourth-order valence-electron chi connectivity index (χ4n) is 2.24. The molecule has 0 aliphatic carbocycles. The summed E-state index contributed by atoms with van der Waals surface area (Å²) in [4.78, 5) is 6.93. The van der Waals surface area contributed by atoms with E-state index in [0.717, 1.165) is 39.2 Å². The number of aliphatic imine (C=N–C) groups is 1. The maximum absolute atomic E-state index is 5.87. The Bertz CT molecular complexity index is 262. The lowest BCUT2D eigenvalue weighted by Gasteiger charge is -2.31. The first-order valence-corrected chi connectivity index (χ1v) is 7.43. The Morgan fingerprint density at radius 1 is 1.47 bits per heavy atom. The zero-order chi connectivity index (χ0) is 14.1. The second kappa shape index (κ2) is 9.15. The zero-order valence-electron chi connectivity index (χ0n) is 12.7. The van der Waals surface area contributed by atoms with Crippen LogP contribution >= 0.6 is 0 Å². The average Bonchev–Trinajstić information content (AvgIpc) is 2.43. The molecule has 0 bridgehead atoms. The van der Waals surface area contributed by atoms with Crippen molar-refractivity contribution in [3.05, 3.63) is 0 Å². The molecule has 1 aliphatic heterocycles. The summed E-state index contributed by atoms with van der Waals surface area (Å²) >= 11 is 0. The summed E-state index contributed by atoms with van der Waals surface area (Å²) in [5.74, 6) is 1.27. The standard InChI is InChI=1S/C14H30N4O/c1-4-12(2)17-14(15)16-11-13-5-7-18(8-6-13)9-10-19-3/h12-13H,4-11H2,1-3H3,(H3,15,16,17). The molecule has 112 valence electrons. The van der Waals surface area contributed by atoms with Crippen LogP contribution in [0.4, 0.5) is 0 Å². The summed E-state index contributed by atoms with van der Waals surface area (Å²) in [7, 11) is 1.76. The lowest BCUT2D eigenvalue weighted by molar-refractivity contribution is 0.121. The van der Waals surface area contributed by atoms with Crippen molar-refractivity contribution in [2.24, 2.45) is 16.6 Å². The van der Waals surface area contributed by atoms with Gasteiger partial charge in [-0.2, -0.15) is 0 Å². The van der Waals surface area contributed by atoms with Crippen LogP contribution in [-0.4, -0.2) is 56.8 Å². The number of ether oxygens (including phenoxy) is 1. The highest BCUT2D eigenvalue weighted by Crippen LogP contribution is 2.17. The molecule has 1 heterocycles.